The Kier molecular flexibility index (Phi) is 6.28. The smallest absolute Gasteiger partial charge is 0.311 e. The van der Waals surface area contributed by atoms with Gasteiger partial charge in [0.2, 0.25) is 5.91 Å². The third-order valence-corrected chi connectivity index (χ3v) is 2.64. The summed E-state index contributed by atoms with van der Waals surface area (Å²) in [5.74, 6) is -0.0568. The predicted molar refractivity (Wildman–Crippen MR) is 75.8 cm³/mol. The fraction of sp³-hybridized carbons (Fsp3) is 0.462. The van der Waals surface area contributed by atoms with Gasteiger partial charge in [-0.3, -0.25) is 14.9 Å². The second-order valence-corrected chi connectivity index (χ2v) is 4.22. The van der Waals surface area contributed by atoms with E-state index >= 15 is 0 Å². The molecule has 0 heterocycles. The van der Waals surface area contributed by atoms with E-state index in [1.165, 1.54) is 6.07 Å². The number of primary amides is 1. The zero-order chi connectivity index (χ0) is 15.0. The summed E-state index contributed by atoms with van der Waals surface area (Å²) in [5.41, 5.74) is 5.74. The van der Waals surface area contributed by atoms with Crippen LogP contribution in [0.1, 0.15) is 26.2 Å². The maximum Gasteiger partial charge on any atom is 0.311 e. The van der Waals surface area contributed by atoms with E-state index in [0.29, 0.717) is 26.0 Å². The molecule has 3 N–H and O–H groups in total. The standard InChI is InChI=1S/C13H19N3O4/c1-2-20-12-9-10(6-7-11(12)16(18)19)15-8-4-3-5-13(14)17/h6-7,9,15H,2-5,8H2,1H3,(H2,14,17). The topological polar surface area (TPSA) is 107 Å². The minimum absolute atomic E-state index is 0.0499. The molecule has 0 saturated heterocycles. The number of benzene rings is 1. The number of nitrogens with one attached hydrogen (secondary N) is 1. The predicted octanol–water partition coefficient (Wildman–Crippen LogP) is 2.06. The van der Waals surface area contributed by atoms with Gasteiger partial charge in [-0.2, -0.15) is 0 Å². The van der Waals surface area contributed by atoms with Crippen molar-refractivity contribution in [1.29, 1.82) is 0 Å². The van der Waals surface area contributed by atoms with Crippen molar-refractivity contribution >= 4 is 17.3 Å². The zero-order valence-electron chi connectivity index (χ0n) is 11.4. The Morgan fingerprint density at radius 2 is 2.20 bits per heavy atom. The van der Waals surface area contributed by atoms with Gasteiger partial charge in [0.05, 0.1) is 11.5 Å². The van der Waals surface area contributed by atoms with Crippen LogP contribution in [-0.4, -0.2) is 24.0 Å². The zero-order valence-corrected chi connectivity index (χ0v) is 11.4. The van der Waals surface area contributed by atoms with Crippen LogP contribution in [0, 0.1) is 10.1 Å². The Morgan fingerprint density at radius 1 is 1.45 bits per heavy atom. The molecule has 1 amide bonds. The van der Waals surface area contributed by atoms with Crippen molar-refractivity contribution in [3.8, 4) is 5.75 Å². The van der Waals surface area contributed by atoms with Crippen molar-refractivity contribution < 1.29 is 14.5 Å². The number of ether oxygens (including phenoxy) is 1. The first-order valence-corrected chi connectivity index (χ1v) is 6.48. The summed E-state index contributed by atoms with van der Waals surface area (Å²) < 4.78 is 5.26. The first kappa shape index (κ1) is 15.7. The van der Waals surface area contributed by atoms with Crippen molar-refractivity contribution in [2.75, 3.05) is 18.5 Å². The van der Waals surface area contributed by atoms with Crippen LogP contribution in [0.15, 0.2) is 18.2 Å². The molecule has 0 saturated carbocycles. The molecule has 0 aliphatic heterocycles. The largest absolute Gasteiger partial charge is 0.487 e. The average molecular weight is 281 g/mol. The van der Waals surface area contributed by atoms with Gasteiger partial charge in [0, 0.05) is 30.8 Å². The number of hydrogen-bond acceptors (Lipinski definition) is 5. The van der Waals surface area contributed by atoms with Crippen molar-refractivity contribution in [3.05, 3.63) is 28.3 Å². The van der Waals surface area contributed by atoms with Crippen LogP contribution in [0.4, 0.5) is 11.4 Å². The van der Waals surface area contributed by atoms with Crippen LogP contribution < -0.4 is 15.8 Å². The van der Waals surface area contributed by atoms with Crippen LogP contribution in [0.3, 0.4) is 0 Å². The maximum atomic E-state index is 10.8. The highest BCUT2D eigenvalue weighted by Crippen LogP contribution is 2.30. The number of nitrogens with zero attached hydrogens (tertiary/aromatic N) is 1. The molecule has 0 bridgehead atoms. The van der Waals surface area contributed by atoms with Gasteiger partial charge in [0.25, 0.3) is 0 Å². The second-order valence-electron chi connectivity index (χ2n) is 4.22. The van der Waals surface area contributed by atoms with E-state index in [1.54, 1.807) is 19.1 Å². The summed E-state index contributed by atoms with van der Waals surface area (Å²) in [6.45, 7) is 2.80. The number of nitro benzene ring substituents is 1. The lowest BCUT2D eigenvalue weighted by Gasteiger charge is -2.09. The molecule has 0 radical (unpaired) electrons. The fourth-order valence-electron chi connectivity index (χ4n) is 1.70. The molecule has 0 unspecified atom stereocenters. The van der Waals surface area contributed by atoms with Crippen LogP contribution in [-0.2, 0) is 4.79 Å². The van der Waals surface area contributed by atoms with Gasteiger partial charge in [-0.15, -0.1) is 0 Å². The number of hydrogen-bond donors (Lipinski definition) is 2. The number of nitrogens with two attached hydrogens (primary N) is 1. The molecule has 0 aliphatic carbocycles. The van der Waals surface area contributed by atoms with Gasteiger partial charge < -0.3 is 15.8 Å². The first-order valence-electron chi connectivity index (χ1n) is 6.48. The molecule has 7 heteroatoms. The maximum absolute atomic E-state index is 10.8. The lowest BCUT2D eigenvalue weighted by molar-refractivity contribution is -0.385. The first-order chi connectivity index (χ1) is 9.54. The van der Waals surface area contributed by atoms with Gasteiger partial charge >= 0.3 is 5.69 Å². The highest BCUT2D eigenvalue weighted by molar-refractivity contribution is 5.73. The molecule has 0 spiro atoms. The lowest BCUT2D eigenvalue weighted by atomic mass is 10.2. The van der Waals surface area contributed by atoms with Crippen LogP contribution in [0.2, 0.25) is 0 Å². The molecule has 0 aliphatic rings. The molecule has 0 fully saturated rings. The van der Waals surface area contributed by atoms with E-state index in [4.69, 9.17) is 10.5 Å². The summed E-state index contributed by atoms with van der Waals surface area (Å²) in [7, 11) is 0. The molecule has 20 heavy (non-hydrogen) atoms. The highest BCUT2D eigenvalue weighted by atomic mass is 16.6. The van der Waals surface area contributed by atoms with Gasteiger partial charge in [-0.1, -0.05) is 0 Å². The number of carbonyl (C=O) groups is 1. The molecule has 110 valence electrons. The molecule has 0 aromatic heterocycles. The summed E-state index contributed by atoms with van der Waals surface area (Å²) in [6, 6.07) is 4.65. The van der Waals surface area contributed by atoms with Crippen molar-refractivity contribution in [3.63, 3.8) is 0 Å². The Bertz CT molecular complexity index is 477. The molecule has 1 aromatic carbocycles. The monoisotopic (exact) mass is 281 g/mol. The van der Waals surface area contributed by atoms with Crippen molar-refractivity contribution in [1.82, 2.24) is 0 Å². The van der Waals surface area contributed by atoms with Crippen molar-refractivity contribution in [2.45, 2.75) is 26.2 Å². The minimum atomic E-state index is -0.471. The molecular formula is C13H19N3O4. The SMILES string of the molecule is CCOc1cc(NCCCCC(N)=O)ccc1[N+](=O)[O-]. The quantitative estimate of drug-likeness (QED) is 0.409. The third kappa shape index (κ3) is 5.13. The normalized spacial score (nSPS) is 10.1. The number of unbranched alkanes of at least 4 members (excludes halogenated alkanes) is 1. The molecule has 1 rings (SSSR count). The van der Waals surface area contributed by atoms with E-state index in [-0.39, 0.29) is 17.3 Å². The number of anilines is 1. The summed E-state index contributed by atoms with van der Waals surface area (Å²) in [4.78, 5) is 20.9. The second kappa shape index (κ2) is 7.98. The van der Waals surface area contributed by atoms with Crippen molar-refractivity contribution in [2.24, 2.45) is 5.73 Å². The van der Waals surface area contributed by atoms with Gasteiger partial charge in [0.1, 0.15) is 0 Å². The van der Waals surface area contributed by atoms with Gasteiger partial charge in [0.15, 0.2) is 5.75 Å². The van der Waals surface area contributed by atoms with E-state index in [0.717, 1.165) is 12.1 Å². The molecule has 0 atom stereocenters. The van der Waals surface area contributed by atoms with E-state index < -0.39 is 4.92 Å². The average Bonchev–Trinajstić information content (AvgIpc) is 2.38. The Hall–Kier alpha value is -2.31. The van der Waals surface area contributed by atoms with Crippen LogP contribution in [0.5, 0.6) is 5.75 Å². The van der Waals surface area contributed by atoms with Gasteiger partial charge in [-0.25, -0.2) is 0 Å². The van der Waals surface area contributed by atoms with E-state index in [1.807, 2.05) is 0 Å². The molecule has 1 aromatic rings. The van der Waals surface area contributed by atoms with Crippen LogP contribution in [0.25, 0.3) is 0 Å². The number of carbonyl (C=O) groups excluding carboxylic acids is 1. The Morgan fingerprint density at radius 3 is 2.80 bits per heavy atom. The minimum Gasteiger partial charge on any atom is -0.487 e. The number of amides is 1. The molecular weight excluding hydrogens is 262 g/mol. The van der Waals surface area contributed by atoms with Crippen LogP contribution >= 0.6 is 0 Å². The number of nitro groups is 1. The Balaban J connectivity index is 2.56. The fourth-order valence-corrected chi connectivity index (χ4v) is 1.70. The third-order valence-electron chi connectivity index (χ3n) is 2.64. The van der Waals surface area contributed by atoms with E-state index in [9.17, 15) is 14.9 Å². The Labute approximate surface area is 117 Å². The summed E-state index contributed by atoms with van der Waals surface area (Å²) in [6.07, 6.45) is 1.88. The van der Waals surface area contributed by atoms with E-state index in [2.05, 4.69) is 5.32 Å². The molecule has 7 nitrogen and oxygen atoms in total. The lowest BCUT2D eigenvalue weighted by Crippen LogP contribution is -2.11. The number of rotatable bonds is 9. The summed E-state index contributed by atoms with van der Waals surface area (Å²) in [5, 5.41) is 14.0. The highest BCUT2D eigenvalue weighted by Gasteiger charge is 2.15. The van der Waals surface area contributed by atoms with Gasteiger partial charge in [-0.05, 0) is 25.8 Å². The summed E-state index contributed by atoms with van der Waals surface area (Å²) >= 11 is 0.